The van der Waals surface area contributed by atoms with E-state index < -0.39 is 0 Å². The highest BCUT2D eigenvalue weighted by Gasteiger charge is 2.27. The zero-order chi connectivity index (χ0) is 21.4. The molecule has 160 valence electrons. The summed E-state index contributed by atoms with van der Waals surface area (Å²) in [5, 5.41) is 4.33. The van der Waals surface area contributed by atoms with Crippen LogP contribution in [0.5, 0.6) is 0 Å². The maximum absolute atomic E-state index is 14.1. The van der Waals surface area contributed by atoms with Crippen molar-refractivity contribution in [2.24, 2.45) is 0 Å². The Balaban J connectivity index is 1.34. The Labute approximate surface area is 178 Å². The summed E-state index contributed by atoms with van der Waals surface area (Å²) in [6.07, 6.45) is 3.67. The average Bonchev–Trinajstić information content (AvgIpc) is 3.50. The van der Waals surface area contributed by atoms with Crippen LogP contribution in [0, 0.1) is 5.82 Å². The van der Waals surface area contributed by atoms with E-state index in [0.29, 0.717) is 42.0 Å². The fourth-order valence-corrected chi connectivity index (χ4v) is 4.03. The lowest BCUT2D eigenvalue weighted by Crippen LogP contribution is -2.39. The molecule has 1 aliphatic rings. The van der Waals surface area contributed by atoms with Crippen molar-refractivity contribution >= 4 is 17.7 Å². The zero-order valence-corrected chi connectivity index (χ0v) is 17.1. The van der Waals surface area contributed by atoms with Crippen LogP contribution in [0.1, 0.15) is 18.4 Å². The molecule has 10 heteroatoms. The predicted octanol–water partition coefficient (Wildman–Crippen LogP) is 2.60. The first-order valence-corrected chi connectivity index (χ1v) is 10.2. The minimum Gasteiger partial charge on any atom is -0.461 e. The minimum atomic E-state index is -0.165. The van der Waals surface area contributed by atoms with Gasteiger partial charge in [0.05, 0.1) is 6.26 Å². The Bertz CT molecular complexity index is 1190. The van der Waals surface area contributed by atoms with Crippen LogP contribution in [0.2, 0.25) is 0 Å². The van der Waals surface area contributed by atoms with Crippen molar-refractivity contribution in [2.75, 3.05) is 30.8 Å². The second-order valence-corrected chi connectivity index (χ2v) is 7.74. The molecule has 0 amide bonds. The monoisotopic (exact) mass is 422 g/mol. The van der Waals surface area contributed by atoms with Gasteiger partial charge in [0, 0.05) is 31.7 Å². The number of nitrogen functional groups attached to an aromatic ring is 1. The number of benzene rings is 1. The maximum atomic E-state index is 14.1. The number of hydrogen-bond acceptors (Lipinski definition) is 8. The molecule has 9 nitrogen and oxygen atoms in total. The topological polar surface area (TPSA) is 102 Å². The third-order valence-electron chi connectivity index (χ3n) is 5.62. The van der Waals surface area contributed by atoms with Gasteiger partial charge in [-0.3, -0.25) is 4.90 Å². The summed E-state index contributed by atoms with van der Waals surface area (Å²) < 4.78 is 20.9. The van der Waals surface area contributed by atoms with Crippen molar-refractivity contribution in [3.63, 3.8) is 0 Å². The Morgan fingerprint density at radius 3 is 2.87 bits per heavy atom. The molecule has 1 fully saturated rings. The van der Waals surface area contributed by atoms with Crippen LogP contribution in [0.4, 0.5) is 16.3 Å². The van der Waals surface area contributed by atoms with Crippen molar-refractivity contribution in [3.8, 4) is 11.6 Å². The smallest absolute Gasteiger partial charge is 0.259 e. The SMILES string of the molecule is CN(CC1CCCN1Cc1ccccc1F)c1nc(N)n2nc(-c3ccco3)nc2n1. The van der Waals surface area contributed by atoms with Gasteiger partial charge in [0.15, 0.2) is 5.76 Å². The number of nitrogens with zero attached hydrogens (tertiary/aromatic N) is 7. The first-order chi connectivity index (χ1) is 15.1. The van der Waals surface area contributed by atoms with E-state index in [1.165, 1.54) is 10.6 Å². The molecule has 3 aromatic heterocycles. The first kappa shape index (κ1) is 19.4. The lowest BCUT2D eigenvalue weighted by atomic mass is 10.1. The molecule has 1 unspecified atom stereocenters. The molecule has 0 spiro atoms. The standard InChI is InChI=1S/C21H23FN8O/c1-28(13-15-7-4-10-29(15)12-14-6-2-3-8-16(14)22)20-25-19(23)30-21(26-20)24-18(27-30)17-9-5-11-31-17/h2-3,5-6,8-9,11,15H,4,7,10,12-13H2,1H3,(H2,23,24,25,26,27). The molecule has 4 aromatic rings. The summed E-state index contributed by atoms with van der Waals surface area (Å²) in [7, 11) is 1.93. The molecular weight excluding hydrogens is 399 g/mol. The molecule has 1 saturated heterocycles. The molecule has 4 heterocycles. The normalized spacial score (nSPS) is 16.9. The molecule has 2 N–H and O–H groups in total. The van der Waals surface area contributed by atoms with Crippen molar-refractivity contribution in [2.45, 2.75) is 25.4 Å². The first-order valence-electron chi connectivity index (χ1n) is 10.2. The summed E-state index contributed by atoms with van der Waals surface area (Å²) in [6.45, 7) is 2.22. The van der Waals surface area contributed by atoms with Gasteiger partial charge in [0.25, 0.3) is 5.78 Å². The molecule has 1 atom stereocenters. The second kappa shape index (κ2) is 7.95. The number of anilines is 2. The van der Waals surface area contributed by atoms with Gasteiger partial charge >= 0.3 is 0 Å². The van der Waals surface area contributed by atoms with Gasteiger partial charge in [0.1, 0.15) is 5.82 Å². The fourth-order valence-electron chi connectivity index (χ4n) is 4.03. The molecule has 31 heavy (non-hydrogen) atoms. The maximum Gasteiger partial charge on any atom is 0.259 e. The fraction of sp³-hybridized carbons (Fsp3) is 0.333. The third kappa shape index (κ3) is 3.81. The summed E-state index contributed by atoms with van der Waals surface area (Å²) in [4.78, 5) is 17.6. The molecule has 1 aromatic carbocycles. The summed E-state index contributed by atoms with van der Waals surface area (Å²) in [5.74, 6) is 1.80. The van der Waals surface area contributed by atoms with Gasteiger partial charge in [-0.25, -0.2) is 4.39 Å². The molecule has 0 saturated carbocycles. The number of fused-ring (bicyclic) bond motifs is 1. The lowest BCUT2D eigenvalue weighted by Gasteiger charge is -2.28. The molecule has 5 rings (SSSR count). The van der Waals surface area contributed by atoms with Gasteiger partial charge in [-0.05, 0) is 37.6 Å². The van der Waals surface area contributed by atoms with E-state index in [0.717, 1.165) is 19.4 Å². The van der Waals surface area contributed by atoms with Crippen LogP contribution in [-0.2, 0) is 6.54 Å². The number of likely N-dealkylation sites (tertiary alicyclic amines) is 1. The van der Waals surface area contributed by atoms with E-state index in [9.17, 15) is 4.39 Å². The van der Waals surface area contributed by atoms with Crippen LogP contribution in [0.15, 0.2) is 47.1 Å². The number of hydrogen-bond donors (Lipinski definition) is 1. The quantitative estimate of drug-likeness (QED) is 0.506. The Morgan fingerprint density at radius 1 is 1.19 bits per heavy atom. The number of aromatic nitrogens is 5. The van der Waals surface area contributed by atoms with Gasteiger partial charge in [0.2, 0.25) is 17.7 Å². The Hall–Kier alpha value is -3.53. The Morgan fingerprint density at radius 2 is 2.06 bits per heavy atom. The highest BCUT2D eigenvalue weighted by Crippen LogP contribution is 2.24. The van der Waals surface area contributed by atoms with E-state index in [1.54, 1.807) is 24.5 Å². The van der Waals surface area contributed by atoms with Crippen LogP contribution in [-0.4, -0.2) is 55.6 Å². The number of rotatable bonds is 6. The van der Waals surface area contributed by atoms with E-state index in [1.807, 2.05) is 24.1 Å². The van der Waals surface area contributed by atoms with Crippen LogP contribution in [0.25, 0.3) is 17.4 Å². The van der Waals surface area contributed by atoms with Gasteiger partial charge in [-0.1, -0.05) is 18.2 Å². The third-order valence-corrected chi connectivity index (χ3v) is 5.62. The van der Waals surface area contributed by atoms with Crippen LogP contribution >= 0.6 is 0 Å². The largest absolute Gasteiger partial charge is 0.461 e. The minimum absolute atomic E-state index is 0.165. The van der Waals surface area contributed by atoms with E-state index >= 15 is 0 Å². The number of halogens is 1. The van der Waals surface area contributed by atoms with Crippen molar-refractivity contribution < 1.29 is 8.81 Å². The zero-order valence-electron chi connectivity index (χ0n) is 17.1. The van der Waals surface area contributed by atoms with Gasteiger partial charge in [-0.2, -0.15) is 19.5 Å². The lowest BCUT2D eigenvalue weighted by molar-refractivity contribution is 0.245. The number of nitrogens with two attached hydrogens (primary N) is 1. The van der Waals surface area contributed by atoms with Crippen molar-refractivity contribution in [3.05, 3.63) is 54.0 Å². The van der Waals surface area contributed by atoms with Crippen molar-refractivity contribution in [1.82, 2.24) is 29.5 Å². The summed E-state index contributed by atoms with van der Waals surface area (Å²) >= 11 is 0. The van der Waals surface area contributed by atoms with Crippen LogP contribution < -0.4 is 10.6 Å². The van der Waals surface area contributed by atoms with Crippen LogP contribution in [0.3, 0.4) is 0 Å². The predicted molar refractivity (Wildman–Crippen MR) is 114 cm³/mol. The number of furan rings is 1. The second-order valence-electron chi connectivity index (χ2n) is 7.74. The molecule has 0 aliphatic carbocycles. The van der Waals surface area contributed by atoms with Gasteiger partial charge < -0.3 is 15.1 Å². The summed E-state index contributed by atoms with van der Waals surface area (Å²) in [6, 6.07) is 10.7. The highest BCUT2D eigenvalue weighted by molar-refractivity contribution is 5.53. The van der Waals surface area contributed by atoms with Crippen molar-refractivity contribution in [1.29, 1.82) is 0 Å². The highest BCUT2D eigenvalue weighted by atomic mass is 19.1. The van der Waals surface area contributed by atoms with E-state index in [4.69, 9.17) is 10.2 Å². The molecule has 0 bridgehead atoms. The summed E-state index contributed by atoms with van der Waals surface area (Å²) in [5.41, 5.74) is 6.83. The average molecular weight is 422 g/mol. The number of likely N-dealkylation sites (N-methyl/N-ethyl adjacent to an activating group) is 1. The van der Waals surface area contributed by atoms with E-state index in [2.05, 4.69) is 25.0 Å². The Kier molecular flexibility index (Phi) is 4.99. The molecule has 0 radical (unpaired) electrons. The van der Waals surface area contributed by atoms with Gasteiger partial charge in [-0.15, -0.1) is 5.10 Å². The molecular formula is C21H23FN8O. The van der Waals surface area contributed by atoms with E-state index in [-0.39, 0.29) is 17.8 Å². The molecule has 1 aliphatic heterocycles.